The van der Waals surface area contributed by atoms with Crippen molar-refractivity contribution in [2.45, 2.75) is 6.04 Å². The molecule has 116 valence electrons. The Morgan fingerprint density at radius 1 is 1.40 bits per heavy atom. The number of ether oxygens (including phenoxy) is 1. The summed E-state index contributed by atoms with van der Waals surface area (Å²) in [6, 6.07) is 4.01. The van der Waals surface area contributed by atoms with Gasteiger partial charge in [-0.05, 0) is 25.5 Å². The molecule has 0 saturated heterocycles. The normalized spacial score (nSPS) is 14.1. The Bertz CT molecular complexity index is 474. The smallest absolute Gasteiger partial charge is 0.279 e. The summed E-state index contributed by atoms with van der Waals surface area (Å²) in [6.07, 6.45) is 0. The van der Waals surface area contributed by atoms with Gasteiger partial charge in [0.15, 0.2) is 0 Å². The molecule has 1 unspecified atom stereocenters. The Morgan fingerprint density at radius 3 is 2.60 bits per heavy atom. The molecule has 6 nitrogen and oxygen atoms in total. The number of nitrogens with zero attached hydrogens (tertiary/aromatic N) is 2. The second kappa shape index (κ2) is 8.06. The van der Waals surface area contributed by atoms with E-state index < -0.39 is 10.2 Å². The zero-order chi connectivity index (χ0) is 15.2. The van der Waals surface area contributed by atoms with E-state index in [2.05, 4.69) is 4.72 Å². The van der Waals surface area contributed by atoms with Crippen molar-refractivity contribution in [3.63, 3.8) is 0 Å². The monoisotopic (exact) mass is 321 g/mol. The van der Waals surface area contributed by atoms with Gasteiger partial charge in [0.2, 0.25) is 0 Å². The molecule has 0 aliphatic rings. The fraction of sp³-hybridized carbons (Fsp3) is 0.667. The lowest BCUT2D eigenvalue weighted by atomic mass is 10.2. The highest BCUT2D eigenvalue weighted by molar-refractivity contribution is 7.87. The van der Waals surface area contributed by atoms with Crippen molar-refractivity contribution in [1.29, 1.82) is 0 Å². The predicted octanol–water partition coefficient (Wildman–Crippen LogP) is 0.763. The molecule has 0 saturated carbocycles. The number of likely N-dealkylation sites (N-methyl/N-ethyl adjacent to an activating group) is 2. The highest BCUT2D eigenvalue weighted by Crippen LogP contribution is 2.22. The summed E-state index contributed by atoms with van der Waals surface area (Å²) in [4.78, 5) is 3.14. The molecular weight excluding hydrogens is 298 g/mol. The first-order chi connectivity index (χ1) is 9.38. The SMILES string of the molecule is COCCN(C)S(=O)(=O)NCC(c1cccs1)N(C)C. The van der Waals surface area contributed by atoms with Crippen LogP contribution >= 0.6 is 11.3 Å². The highest BCUT2D eigenvalue weighted by atomic mass is 32.2. The number of thiophene rings is 1. The average Bonchev–Trinajstić information content (AvgIpc) is 2.89. The molecule has 0 aliphatic heterocycles. The molecule has 0 radical (unpaired) electrons. The fourth-order valence-corrected chi connectivity index (χ4v) is 3.48. The number of rotatable bonds is 9. The Hall–Kier alpha value is -0.510. The minimum Gasteiger partial charge on any atom is -0.383 e. The van der Waals surface area contributed by atoms with Crippen molar-refractivity contribution < 1.29 is 13.2 Å². The minimum absolute atomic E-state index is 0.0283. The summed E-state index contributed by atoms with van der Waals surface area (Å²) < 4.78 is 33.0. The Labute approximate surface area is 125 Å². The summed E-state index contributed by atoms with van der Waals surface area (Å²) in [7, 11) is 3.49. The third-order valence-electron chi connectivity index (χ3n) is 2.97. The van der Waals surface area contributed by atoms with Gasteiger partial charge in [0.05, 0.1) is 12.6 Å². The zero-order valence-corrected chi connectivity index (χ0v) is 14.0. The average molecular weight is 321 g/mol. The van der Waals surface area contributed by atoms with Crippen LogP contribution in [0.3, 0.4) is 0 Å². The molecule has 1 heterocycles. The zero-order valence-electron chi connectivity index (χ0n) is 12.4. The van der Waals surface area contributed by atoms with E-state index in [1.807, 2.05) is 36.5 Å². The van der Waals surface area contributed by atoms with Crippen LogP contribution in [0.2, 0.25) is 0 Å². The molecule has 0 fully saturated rings. The standard InChI is InChI=1S/C12H23N3O3S2/c1-14(2)11(12-6-5-9-19-12)10-13-20(16,17)15(3)7-8-18-4/h5-6,9,11,13H,7-8,10H2,1-4H3. The minimum atomic E-state index is -3.47. The van der Waals surface area contributed by atoms with E-state index in [1.165, 1.54) is 11.4 Å². The molecule has 0 spiro atoms. The van der Waals surface area contributed by atoms with E-state index in [0.29, 0.717) is 19.7 Å². The molecule has 1 aromatic rings. The lowest BCUT2D eigenvalue weighted by Crippen LogP contribution is -2.43. The molecule has 0 aliphatic carbocycles. The second-order valence-corrected chi connectivity index (χ2v) is 7.50. The van der Waals surface area contributed by atoms with Gasteiger partial charge in [-0.15, -0.1) is 11.3 Å². The van der Waals surface area contributed by atoms with Gasteiger partial charge in [0.1, 0.15) is 0 Å². The fourth-order valence-electron chi connectivity index (χ4n) is 1.65. The van der Waals surface area contributed by atoms with Gasteiger partial charge in [-0.25, -0.2) is 4.72 Å². The van der Waals surface area contributed by atoms with E-state index in [0.717, 1.165) is 4.88 Å². The Balaban J connectivity index is 2.63. The van der Waals surface area contributed by atoms with Crippen LogP contribution in [0.1, 0.15) is 10.9 Å². The summed E-state index contributed by atoms with van der Waals surface area (Å²) in [6.45, 7) is 1.05. The maximum Gasteiger partial charge on any atom is 0.279 e. The van der Waals surface area contributed by atoms with Crippen LogP contribution < -0.4 is 4.72 Å². The molecule has 1 N–H and O–H groups in total. The van der Waals surface area contributed by atoms with E-state index in [1.54, 1.807) is 18.4 Å². The number of hydrogen-bond acceptors (Lipinski definition) is 5. The van der Waals surface area contributed by atoms with Crippen LogP contribution in [0.25, 0.3) is 0 Å². The number of methoxy groups -OCH3 is 1. The van der Waals surface area contributed by atoms with Crippen LogP contribution in [0, 0.1) is 0 Å². The maximum atomic E-state index is 12.1. The number of nitrogens with one attached hydrogen (secondary N) is 1. The maximum absolute atomic E-state index is 12.1. The number of hydrogen-bond donors (Lipinski definition) is 1. The van der Waals surface area contributed by atoms with Crippen molar-refractivity contribution in [2.24, 2.45) is 0 Å². The van der Waals surface area contributed by atoms with Gasteiger partial charge in [0, 0.05) is 32.1 Å². The molecule has 1 rings (SSSR count). The summed E-state index contributed by atoms with van der Waals surface area (Å²) in [5.41, 5.74) is 0. The van der Waals surface area contributed by atoms with Crippen molar-refractivity contribution in [2.75, 3.05) is 47.9 Å². The molecular formula is C12H23N3O3S2. The topological polar surface area (TPSA) is 61.9 Å². The first-order valence-electron chi connectivity index (χ1n) is 6.28. The molecule has 1 atom stereocenters. The Kier molecular flexibility index (Phi) is 7.07. The lowest BCUT2D eigenvalue weighted by molar-refractivity contribution is 0.184. The first kappa shape index (κ1) is 17.5. The van der Waals surface area contributed by atoms with Crippen LogP contribution in [0.15, 0.2) is 17.5 Å². The van der Waals surface area contributed by atoms with Crippen LogP contribution in [0.4, 0.5) is 0 Å². The third-order valence-corrected chi connectivity index (χ3v) is 5.48. The van der Waals surface area contributed by atoms with Gasteiger partial charge in [0.25, 0.3) is 10.2 Å². The second-order valence-electron chi connectivity index (χ2n) is 4.66. The van der Waals surface area contributed by atoms with Crippen molar-refractivity contribution in [3.05, 3.63) is 22.4 Å². The van der Waals surface area contributed by atoms with Gasteiger partial charge in [-0.1, -0.05) is 6.07 Å². The summed E-state index contributed by atoms with van der Waals surface area (Å²) in [5.74, 6) is 0. The van der Waals surface area contributed by atoms with Gasteiger partial charge >= 0.3 is 0 Å². The van der Waals surface area contributed by atoms with Crippen LogP contribution in [-0.2, 0) is 14.9 Å². The summed E-state index contributed by atoms with van der Waals surface area (Å²) >= 11 is 1.62. The molecule has 8 heteroatoms. The largest absolute Gasteiger partial charge is 0.383 e. The first-order valence-corrected chi connectivity index (χ1v) is 8.60. The summed E-state index contributed by atoms with van der Waals surface area (Å²) in [5, 5.41) is 1.99. The van der Waals surface area contributed by atoms with Gasteiger partial charge in [-0.2, -0.15) is 12.7 Å². The third kappa shape index (κ3) is 5.12. The Morgan fingerprint density at radius 2 is 2.10 bits per heavy atom. The molecule has 0 bridgehead atoms. The van der Waals surface area contributed by atoms with E-state index >= 15 is 0 Å². The van der Waals surface area contributed by atoms with E-state index in [9.17, 15) is 8.42 Å². The molecule has 0 amide bonds. The van der Waals surface area contributed by atoms with Crippen molar-refractivity contribution in [1.82, 2.24) is 13.9 Å². The molecule has 0 aromatic carbocycles. The molecule has 1 aromatic heterocycles. The lowest BCUT2D eigenvalue weighted by Gasteiger charge is -2.25. The predicted molar refractivity (Wildman–Crippen MR) is 82.2 cm³/mol. The van der Waals surface area contributed by atoms with Gasteiger partial charge in [-0.3, -0.25) is 0 Å². The van der Waals surface area contributed by atoms with Gasteiger partial charge < -0.3 is 9.64 Å². The van der Waals surface area contributed by atoms with Crippen molar-refractivity contribution >= 4 is 21.5 Å². The highest BCUT2D eigenvalue weighted by Gasteiger charge is 2.21. The molecule has 20 heavy (non-hydrogen) atoms. The van der Waals surface area contributed by atoms with Crippen LogP contribution in [-0.4, -0.2) is 65.6 Å². The van der Waals surface area contributed by atoms with E-state index in [-0.39, 0.29) is 6.04 Å². The van der Waals surface area contributed by atoms with Crippen molar-refractivity contribution in [3.8, 4) is 0 Å². The quantitative estimate of drug-likeness (QED) is 0.729. The van der Waals surface area contributed by atoms with Crippen LogP contribution in [0.5, 0.6) is 0 Å². The van der Waals surface area contributed by atoms with E-state index in [4.69, 9.17) is 4.74 Å².